The van der Waals surface area contributed by atoms with Gasteiger partial charge in [-0.2, -0.15) is 11.8 Å². The maximum absolute atomic E-state index is 11.0. The zero-order chi connectivity index (χ0) is 7.90. The highest BCUT2D eigenvalue weighted by Gasteiger charge is 2.44. The van der Waals surface area contributed by atoms with Gasteiger partial charge >= 0.3 is 0 Å². The molecule has 2 aliphatic rings. The molecule has 62 valence electrons. The summed E-state index contributed by atoms with van der Waals surface area (Å²) in [4.78, 5) is 11.0. The van der Waals surface area contributed by atoms with Crippen LogP contribution in [-0.4, -0.2) is 29.0 Å². The van der Waals surface area contributed by atoms with Crippen molar-refractivity contribution in [3.05, 3.63) is 0 Å². The van der Waals surface area contributed by atoms with Crippen molar-refractivity contribution in [1.82, 2.24) is 0 Å². The van der Waals surface area contributed by atoms with Gasteiger partial charge in [-0.15, -0.1) is 0 Å². The lowest BCUT2D eigenvalue weighted by Crippen LogP contribution is -2.27. The fourth-order valence-corrected chi connectivity index (χ4v) is 3.17. The molecule has 2 heterocycles. The Kier molecular flexibility index (Phi) is 1.72. The molecular formula is C8H12O2S. The minimum atomic E-state index is -0.0544. The fourth-order valence-electron chi connectivity index (χ4n) is 1.85. The van der Waals surface area contributed by atoms with Crippen molar-refractivity contribution in [1.29, 1.82) is 0 Å². The van der Waals surface area contributed by atoms with Crippen LogP contribution in [0.1, 0.15) is 19.8 Å². The highest BCUT2D eigenvalue weighted by Crippen LogP contribution is 2.41. The molecule has 3 heteroatoms. The molecule has 2 unspecified atom stereocenters. The Balaban J connectivity index is 2.07. The predicted octanol–water partition coefficient (Wildman–Crippen LogP) is 1.24. The van der Waals surface area contributed by atoms with Gasteiger partial charge in [0.05, 0.1) is 5.60 Å². The van der Waals surface area contributed by atoms with Gasteiger partial charge in [-0.25, -0.2) is 0 Å². The molecule has 2 rings (SSSR count). The zero-order valence-electron chi connectivity index (χ0n) is 6.63. The van der Waals surface area contributed by atoms with Gasteiger partial charge in [0.25, 0.3) is 0 Å². The monoisotopic (exact) mass is 172 g/mol. The van der Waals surface area contributed by atoms with E-state index in [-0.39, 0.29) is 11.4 Å². The minimum absolute atomic E-state index is 0.0544. The summed E-state index contributed by atoms with van der Waals surface area (Å²) in [7, 11) is 0. The molecule has 2 fully saturated rings. The number of thioether (sulfide) groups is 1. The van der Waals surface area contributed by atoms with Gasteiger partial charge in [0, 0.05) is 17.4 Å². The van der Waals surface area contributed by atoms with E-state index in [0.29, 0.717) is 18.3 Å². The van der Waals surface area contributed by atoms with Gasteiger partial charge in [-0.3, -0.25) is 4.79 Å². The van der Waals surface area contributed by atoms with E-state index >= 15 is 0 Å². The highest BCUT2D eigenvalue weighted by molar-refractivity contribution is 8.00. The molecule has 0 saturated carbocycles. The number of hydrogen-bond acceptors (Lipinski definition) is 3. The molecular weight excluding hydrogens is 160 g/mol. The molecule has 2 aliphatic heterocycles. The largest absolute Gasteiger partial charge is 0.366 e. The van der Waals surface area contributed by atoms with E-state index in [1.807, 2.05) is 11.8 Å². The molecule has 0 aromatic rings. The molecule has 2 saturated heterocycles. The van der Waals surface area contributed by atoms with Crippen LogP contribution < -0.4 is 0 Å². The van der Waals surface area contributed by atoms with Crippen molar-refractivity contribution in [3.8, 4) is 0 Å². The van der Waals surface area contributed by atoms with Crippen LogP contribution in [0.4, 0.5) is 0 Å². The van der Waals surface area contributed by atoms with Crippen molar-refractivity contribution >= 4 is 17.5 Å². The average molecular weight is 172 g/mol. The zero-order valence-corrected chi connectivity index (χ0v) is 7.45. The van der Waals surface area contributed by atoms with Crippen LogP contribution >= 0.6 is 11.8 Å². The van der Waals surface area contributed by atoms with Crippen LogP contribution in [0.2, 0.25) is 0 Å². The Labute approximate surface area is 70.7 Å². The summed E-state index contributed by atoms with van der Waals surface area (Å²) >= 11 is 1.92. The van der Waals surface area contributed by atoms with Crippen molar-refractivity contribution in [3.63, 3.8) is 0 Å². The van der Waals surface area contributed by atoms with Crippen molar-refractivity contribution in [2.45, 2.75) is 30.6 Å². The first-order valence-electron chi connectivity index (χ1n) is 3.97. The second-order valence-electron chi connectivity index (χ2n) is 3.51. The SMILES string of the molecule is CC1CC2(CS1)CC(=O)CO2. The lowest BCUT2D eigenvalue weighted by Gasteiger charge is -2.19. The first-order chi connectivity index (χ1) is 5.20. The third-order valence-corrected chi connectivity index (χ3v) is 3.78. The van der Waals surface area contributed by atoms with Crippen LogP contribution in [0.5, 0.6) is 0 Å². The van der Waals surface area contributed by atoms with Gasteiger partial charge in [0.2, 0.25) is 0 Å². The molecule has 0 amide bonds. The van der Waals surface area contributed by atoms with Gasteiger partial charge < -0.3 is 4.74 Å². The third-order valence-electron chi connectivity index (χ3n) is 2.35. The Morgan fingerprint density at radius 3 is 3.00 bits per heavy atom. The number of Topliss-reactive ketones (excluding diaryl/α,β-unsaturated/α-hetero) is 1. The second-order valence-corrected chi connectivity index (χ2v) is 4.94. The van der Waals surface area contributed by atoms with Crippen molar-refractivity contribution < 1.29 is 9.53 Å². The lowest BCUT2D eigenvalue weighted by molar-refractivity contribution is -0.117. The number of hydrogen-bond donors (Lipinski definition) is 0. The normalized spacial score (nSPS) is 44.1. The predicted molar refractivity (Wildman–Crippen MR) is 44.8 cm³/mol. The van der Waals surface area contributed by atoms with Crippen LogP contribution in [-0.2, 0) is 9.53 Å². The molecule has 2 nitrogen and oxygen atoms in total. The Morgan fingerprint density at radius 2 is 2.55 bits per heavy atom. The van der Waals surface area contributed by atoms with E-state index in [2.05, 4.69) is 6.92 Å². The van der Waals surface area contributed by atoms with Crippen LogP contribution in [0, 0.1) is 0 Å². The minimum Gasteiger partial charge on any atom is -0.366 e. The fraction of sp³-hybridized carbons (Fsp3) is 0.875. The molecule has 11 heavy (non-hydrogen) atoms. The van der Waals surface area contributed by atoms with Crippen LogP contribution in [0.3, 0.4) is 0 Å². The second kappa shape index (κ2) is 2.49. The van der Waals surface area contributed by atoms with E-state index < -0.39 is 0 Å². The van der Waals surface area contributed by atoms with Gasteiger partial charge in [-0.1, -0.05) is 6.92 Å². The molecule has 0 aromatic carbocycles. The summed E-state index contributed by atoms with van der Waals surface area (Å²) < 4.78 is 5.51. The van der Waals surface area contributed by atoms with Crippen molar-refractivity contribution in [2.75, 3.05) is 12.4 Å². The topological polar surface area (TPSA) is 26.3 Å². The average Bonchev–Trinajstić information content (AvgIpc) is 2.44. The summed E-state index contributed by atoms with van der Waals surface area (Å²) in [6, 6.07) is 0. The maximum atomic E-state index is 11.0. The Bertz CT molecular complexity index is 193. The number of carbonyl (C=O) groups excluding carboxylic acids is 1. The summed E-state index contributed by atoms with van der Waals surface area (Å²) in [6.45, 7) is 2.55. The van der Waals surface area contributed by atoms with Gasteiger partial charge in [-0.05, 0) is 6.42 Å². The molecule has 0 N–H and O–H groups in total. The number of rotatable bonds is 0. The molecule has 1 spiro atoms. The Hall–Kier alpha value is -0.0200. The lowest BCUT2D eigenvalue weighted by atomic mass is 9.97. The van der Waals surface area contributed by atoms with Crippen molar-refractivity contribution in [2.24, 2.45) is 0 Å². The number of ketones is 1. The summed E-state index contributed by atoms with van der Waals surface area (Å²) in [5.41, 5.74) is -0.0544. The molecule has 0 bridgehead atoms. The number of ether oxygens (including phenoxy) is 1. The van der Waals surface area contributed by atoms with E-state index in [1.54, 1.807) is 0 Å². The van der Waals surface area contributed by atoms with Gasteiger partial charge in [0.1, 0.15) is 6.61 Å². The van der Waals surface area contributed by atoms with Crippen LogP contribution in [0.25, 0.3) is 0 Å². The first kappa shape index (κ1) is 7.62. The number of carbonyl (C=O) groups is 1. The summed E-state index contributed by atoms with van der Waals surface area (Å²) in [5.74, 6) is 1.29. The molecule has 0 aliphatic carbocycles. The summed E-state index contributed by atoms with van der Waals surface area (Å²) in [5, 5.41) is 0.667. The van der Waals surface area contributed by atoms with Gasteiger partial charge in [0.15, 0.2) is 5.78 Å². The summed E-state index contributed by atoms with van der Waals surface area (Å²) in [6.07, 6.45) is 1.72. The smallest absolute Gasteiger partial charge is 0.161 e. The molecule has 0 radical (unpaired) electrons. The van der Waals surface area contributed by atoms with E-state index in [1.165, 1.54) is 0 Å². The van der Waals surface area contributed by atoms with E-state index in [9.17, 15) is 4.79 Å². The highest BCUT2D eigenvalue weighted by atomic mass is 32.2. The quantitative estimate of drug-likeness (QED) is 0.550. The van der Waals surface area contributed by atoms with E-state index in [0.717, 1.165) is 12.2 Å². The maximum Gasteiger partial charge on any atom is 0.161 e. The first-order valence-corrected chi connectivity index (χ1v) is 5.02. The molecule has 2 atom stereocenters. The Morgan fingerprint density at radius 1 is 1.73 bits per heavy atom. The third kappa shape index (κ3) is 1.32. The van der Waals surface area contributed by atoms with Crippen LogP contribution in [0.15, 0.2) is 0 Å². The van der Waals surface area contributed by atoms with E-state index in [4.69, 9.17) is 4.74 Å². The standard InChI is InChI=1S/C8H12O2S/c1-6-2-8(5-11-6)3-7(9)4-10-8/h6H,2-5H2,1H3. The molecule has 0 aromatic heterocycles.